The molecule has 1 fully saturated rings. The standard InChI is InChI=1S/C18H16FN3OS2/c1-24-14-7-3-2-6-13(14)20-17(23)11-9-22(10-11)18-21-16-12(19)5-4-8-15(16)25-18/h2-8,11H,9-10H2,1H3,(H,20,23). The smallest absolute Gasteiger partial charge is 0.231 e. The van der Waals surface area contributed by atoms with E-state index in [9.17, 15) is 9.18 Å². The van der Waals surface area contributed by atoms with Gasteiger partial charge in [-0.25, -0.2) is 9.37 Å². The number of thioether (sulfide) groups is 1. The Morgan fingerprint density at radius 1 is 1.28 bits per heavy atom. The first-order chi connectivity index (χ1) is 12.2. The summed E-state index contributed by atoms with van der Waals surface area (Å²) < 4.78 is 14.6. The molecule has 1 N–H and O–H groups in total. The van der Waals surface area contributed by atoms with Gasteiger partial charge >= 0.3 is 0 Å². The SMILES string of the molecule is CSc1ccccc1NC(=O)C1CN(c2nc3c(F)cccc3s2)C1. The minimum atomic E-state index is -0.302. The molecule has 0 saturated carbocycles. The Balaban J connectivity index is 1.42. The number of thiazole rings is 1. The third kappa shape index (κ3) is 3.09. The van der Waals surface area contributed by atoms with Crippen LogP contribution < -0.4 is 10.2 Å². The fraction of sp³-hybridized carbons (Fsp3) is 0.222. The van der Waals surface area contributed by atoms with E-state index in [0.717, 1.165) is 20.4 Å². The number of amides is 1. The lowest BCUT2D eigenvalue weighted by molar-refractivity contribution is -0.120. The number of anilines is 2. The van der Waals surface area contributed by atoms with Crippen LogP contribution >= 0.6 is 23.1 Å². The largest absolute Gasteiger partial charge is 0.346 e. The number of carbonyl (C=O) groups is 1. The molecule has 0 bridgehead atoms. The lowest BCUT2D eigenvalue weighted by Crippen LogP contribution is -2.52. The molecule has 0 spiro atoms. The van der Waals surface area contributed by atoms with Crippen molar-refractivity contribution < 1.29 is 9.18 Å². The van der Waals surface area contributed by atoms with Crippen molar-refractivity contribution in [1.82, 2.24) is 4.98 Å². The van der Waals surface area contributed by atoms with E-state index in [1.54, 1.807) is 17.8 Å². The van der Waals surface area contributed by atoms with E-state index < -0.39 is 0 Å². The topological polar surface area (TPSA) is 45.2 Å². The van der Waals surface area contributed by atoms with E-state index in [1.807, 2.05) is 41.5 Å². The van der Waals surface area contributed by atoms with Crippen LogP contribution in [0.2, 0.25) is 0 Å². The fourth-order valence-electron chi connectivity index (χ4n) is 2.82. The van der Waals surface area contributed by atoms with Gasteiger partial charge in [0.2, 0.25) is 5.91 Å². The quantitative estimate of drug-likeness (QED) is 0.695. The highest BCUT2D eigenvalue weighted by atomic mass is 32.2. The number of benzene rings is 2. The summed E-state index contributed by atoms with van der Waals surface area (Å²) in [6.45, 7) is 1.21. The van der Waals surface area contributed by atoms with Gasteiger partial charge in [0.1, 0.15) is 11.3 Å². The molecule has 3 aromatic rings. The first-order valence-corrected chi connectivity index (χ1v) is 9.93. The number of rotatable bonds is 4. The predicted octanol–water partition coefficient (Wildman–Crippen LogP) is 4.23. The van der Waals surface area contributed by atoms with E-state index in [1.165, 1.54) is 17.4 Å². The Kier molecular flexibility index (Phi) is 4.35. The van der Waals surface area contributed by atoms with Crippen molar-refractivity contribution in [2.75, 3.05) is 29.6 Å². The number of para-hydroxylation sites is 2. The molecule has 0 atom stereocenters. The molecule has 4 nitrogen and oxygen atoms in total. The van der Waals surface area contributed by atoms with Crippen LogP contribution in [0.1, 0.15) is 0 Å². The van der Waals surface area contributed by atoms with Crippen molar-refractivity contribution >= 4 is 50.0 Å². The van der Waals surface area contributed by atoms with Crippen LogP contribution in [0.25, 0.3) is 10.2 Å². The van der Waals surface area contributed by atoms with Crippen LogP contribution in [-0.4, -0.2) is 30.2 Å². The Hall–Kier alpha value is -2.12. The summed E-state index contributed by atoms with van der Waals surface area (Å²) in [6, 6.07) is 12.7. The number of carbonyl (C=O) groups excluding carboxylic acids is 1. The highest BCUT2D eigenvalue weighted by molar-refractivity contribution is 7.98. The summed E-state index contributed by atoms with van der Waals surface area (Å²) in [5.41, 5.74) is 1.25. The third-order valence-corrected chi connectivity index (χ3v) is 6.12. The zero-order valence-corrected chi connectivity index (χ0v) is 15.2. The molecule has 1 saturated heterocycles. The molecule has 1 aliphatic heterocycles. The molecule has 1 aliphatic rings. The number of halogens is 1. The van der Waals surface area contributed by atoms with Crippen molar-refractivity contribution in [2.24, 2.45) is 5.92 Å². The molecule has 4 rings (SSSR count). The first-order valence-electron chi connectivity index (χ1n) is 7.89. The zero-order valence-electron chi connectivity index (χ0n) is 13.5. The number of fused-ring (bicyclic) bond motifs is 1. The molecule has 2 heterocycles. The molecule has 0 unspecified atom stereocenters. The van der Waals surface area contributed by atoms with Crippen LogP contribution in [0.15, 0.2) is 47.4 Å². The molecule has 0 aliphatic carbocycles. The van der Waals surface area contributed by atoms with Gasteiger partial charge in [-0.1, -0.05) is 29.5 Å². The maximum atomic E-state index is 13.8. The second-order valence-corrected chi connectivity index (χ2v) is 7.73. The summed E-state index contributed by atoms with van der Waals surface area (Å²) in [5, 5.41) is 3.78. The van der Waals surface area contributed by atoms with Gasteiger partial charge in [-0.3, -0.25) is 4.79 Å². The molecule has 128 valence electrons. The van der Waals surface area contributed by atoms with Gasteiger partial charge in [-0.15, -0.1) is 11.8 Å². The number of nitrogens with one attached hydrogen (secondary N) is 1. The average Bonchev–Trinajstić information content (AvgIpc) is 2.99. The van der Waals surface area contributed by atoms with E-state index in [0.29, 0.717) is 18.6 Å². The van der Waals surface area contributed by atoms with E-state index >= 15 is 0 Å². The minimum Gasteiger partial charge on any atom is -0.346 e. The Labute approximate surface area is 153 Å². The van der Waals surface area contributed by atoms with Crippen LogP contribution in [-0.2, 0) is 4.79 Å². The third-order valence-electron chi connectivity index (χ3n) is 4.25. The highest BCUT2D eigenvalue weighted by Crippen LogP contribution is 2.34. The molecule has 25 heavy (non-hydrogen) atoms. The van der Waals surface area contributed by atoms with E-state index in [2.05, 4.69) is 10.3 Å². The number of hydrogen-bond donors (Lipinski definition) is 1. The van der Waals surface area contributed by atoms with Gasteiger partial charge < -0.3 is 10.2 Å². The number of aromatic nitrogens is 1. The van der Waals surface area contributed by atoms with Gasteiger partial charge in [0.25, 0.3) is 0 Å². The summed E-state index contributed by atoms with van der Waals surface area (Å²) >= 11 is 3.07. The Bertz CT molecular complexity index is 937. The molecule has 2 aromatic carbocycles. The number of nitrogens with zero attached hydrogens (tertiary/aromatic N) is 2. The molecule has 0 radical (unpaired) electrons. The van der Waals surface area contributed by atoms with Crippen molar-refractivity contribution in [3.05, 3.63) is 48.3 Å². The minimum absolute atomic E-state index is 0.0186. The second-order valence-electron chi connectivity index (χ2n) is 5.87. The fourth-order valence-corrected chi connectivity index (χ4v) is 4.37. The lowest BCUT2D eigenvalue weighted by atomic mass is 10.00. The first kappa shape index (κ1) is 16.4. The van der Waals surface area contributed by atoms with Gasteiger partial charge in [0.15, 0.2) is 5.13 Å². The van der Waals surface area contributed by atoms with E-state index in [4.69, 9.17) is 0 Å². The molecular formula is C18H16FN3OS2. The molecule has 1 aromatic heterocycles. The maximum absolute atomic E-state index is 13.8. The van der Waals surface area contributed by atoms with Gasteiger partial charge in [0.05, 0.1) is 16.3 Å². The van der Waals surface area contributed by atoms with Crippen molar-refractivity contribution in [2.45, 2.75) is 4.90 Å². The lowest BCUT2D eigenvalue weighted by Gasteiger charge is -2.38. The summed E-state index contributed by atoms with van der Waals surface area (Å²) in [4.78, 5) is 19.9. The van der Waals surface area contributed by atoms with Gasteiger partial charge in [-0.2, -0.15) is 0 Å². The van der Waals surface area contributed by atoms with E-state index in [-0.39, 0.29) is 17.6 Å². The highest BCUT2D eigenvalue weighted by Gasteiger charge is 2.34. The summed E-state index contributed by atoms with van der Waals surface area (Å²) in [5.74, 6) is -0.361. The van der Waals surface area contributed by atoms with Crippen LogP contribution in [0.5, 0.6) is 0 Å². The summed E-state index contributed by atoms with van der Waals surface area (Å²) in [6.07, 6.45) is 1.99. The van der Waals surface area contributed by atoms with Gasteiger partial charge in [0, 0.05) is 18.0 Å². The normalized spacial score (nSPS) is 14.6. The molecule has 7 heteroatoms. The van der Waals surface area contributed by atoms with Crippen LogP contribution in [0, 0.1) is 11.7 Å². The average molecular weight is 373 g/mol. The van der Waals surface area contributed by atoms with Gasteiger partial charge in [-0.05, 0) is 30.5 Å². The zero-order chi connectivity index (χ0) is 17.4. The number of hydrogen-bond acceptors (Lipinski definition) is 5. The monoisotopic (exact) mass is 373 g/mol. The van der Waals surface area contributed by atoms with Crippen molar-refractivity contribution in [3.8, 4) is 0 Å². The second kappa shape index (κ2) is 6.65. The molecule has 1 amide bonds. The molecular weight excluding hydrogens is 357 g/mol. The Morgan fingerprint density at radius 3 is 2.84 bits per heavy atom. The Morgan fingerprint density at radius 2 is 2.08 bits per heavy atom. The maximum Gasteiger partial charge on any atom is 0.231 e. The van der Waals surface area contributed by atoms with Crippen molar-refractivity contribution in [1.29, 1.82) is 0 Å². The predicted molar refractivity (Wildman–Crippen MR) is 102 cm³/mol. The van der Waals surface area contributed by atoms with Crippen LogP contribution in [0.3, 0.4) is 0 Å². The summed E-state index contributed by atoms with van der Waals surface area (Å²) in [7, 11) is 0. The van der Waals surface area contributed by atoms with Crippen LogP contribution in [0.4, 0.5) is 15.2 Å². The van der Waals surface area contributed by atoms with Crippen molar-refractivity contribution in [3.63, 3.8) is 0 Å².